The Labute approximate surface area is 125 Å². The van der Waals surface area contributed by atoms with Crippen molar-refractivity contribution in [1.29, 1.82) is 0 Å². The summed E-state index contributed by atoms with van der Waals surface area (Å²) in [7, 11) is 0. The first-order valence-corrected chi connectivity index (χ1v) is 8.36. The number of benzene rings is 1. The molecule has 0 bridgehead atoms. The Balaban J connectivity index is 1.91. The predicted octanol–water partition coefficient (Wildman–Crippen LogP) is 4.89. The van der Waals surface area contributed by atoms with E-state index in [-0.39, 0.29) is 0 Å². The van der Waals surface area contributed by atoms with Crippen LogP contribution in [0.25, 0.3) is 0 Å². The molecule has 0 spiro atoms. The van der Waals surface area contributed by atoms with E-state index in [2.05, 4.69) is 31.2 Å². The Hall–Kier alpha value is -0.860. The van der Waals surface area contributed by atoms with E-state index in [1.165, 1.54) is 63.4 Å². The smallest absolute Gasteiger partial charge is 0.0379 e. The summed E-state index contributed by atoms with van der Waals surface area (Å²) in [5.41, 5.74) is 1.30. The largest absolute Gasteiger partial charge is 0.268 e. The van der Waals surface area contributed by atoms with Crippen molar-refractivity contribution in [3.8, 4) is 0 Å². The summed E-state index contributed by atoms with van der Waals surface area (Å²) in [6, 6.07) is 10.5. The van der Waals surface area contributed by atoms with Crippen molar-refractivity contribution >= 4 is 0 Å². The Morgan fingerprint density at radius 1 is 0.800 bits per heavy atom. The second-order valence-corrected chi connectivity index (χ2v) is 5.78. The molecular formula is C18H32N2. The molecule has 114 valence electrons. The second-order valence-electron chi connectivity index (χ2n) is 5.78. The van der Waals surface area contributed by atoms with Crippen LogP contribution >= 0.6 is 0 Å². The van der Waals surface area contributed by atoms with Gasteiger partial charge in [-0.25, -0.2) is 5.01 Å². The fraction of sp³-hybridized carbons (Fsp3) is 0.667. The van der Waals surface area contributed by atoms with Gasteiger partial charge in [-0.3, -0.25) is 5.84 Å². The molecule has 0 unspecified atom stereocenters. The van der Waals surface area contributed by atoms with Crippen molar-refractivity contribution in [1.82, 2.24) is 5.01 Å². The third-order valence-electron chi connectivity index (χ3n) is 3.78. The van der Waals surface area contributed by atoms with Crippen LogP contribution in [0.3, 0.4) is 0 Å². The van der Waals surface area contributed by atoms with Gasteiger partial charge in [-0.1, -0.05) is 88.6 Å². The van der Waals surface area contributed by atoms with Crippen LogP contribution in [-0.4, -0.2) is 11.6 Å². The van der Waals surface area contributed by atoms with Crippen LogP contribution < -0.4 is 5.84 Å². The standard InChI is InChI=1S/C18H32N2/c1-2-3-4-5-6-7-8-9-13-16-20(19)17-18-14-11-10-12-15-18/h10-12,14-15H,2-9,13,16-17,19H2,1H3. The van der Waals surface area contributed by atoms with Crippen molar-refractivity contribution in [2.45, 2.75) is 71.3 Å². The third kappa shape index (κ3) is 9.11. The van der Waals surface area contributed by atoms with Gasteiger partial charge in [-0.2, -0.15) is 0 Å². The molecule has 20 heavy (non-hydrogen) atoms. The van der Waals surface area contributed by atoms with Crippen LogP contribution in [0.15, 0.2) is 30.3 Å². The van der Waals surface area contributed by atoms with E-state index < -0.39 is 0 Å². The lowest BCUT2D eigenvalue weighted by Crippen LogP contribution is -2.31. The van der Waals surface area contributed by atoms with Gasteiger partial charge < -0.3 is 0 Å². The number of rotatable bonds is 12. The fourth-order valence-electron chi connectivity index (χ4n) is 2.52. The molecule has 1 aromatic rings. The summed E-state index contributed by atoms with van der Waals surface area (Å²) in [6.07, 6.45) is 12.3. The number of hydrogen-bond donors (Lipinski definition) is 1. The molecule has 0 aromatic heterocycles. The first-order chi connectivity index (χ1) is 9.83. The highest BCUT2D eigenvalue weighted by Gasteiger charge is 2.00. The summed E-state index contributed by atoms with van der Waals surface area (Å²) in [5.74, 6) is 6.03. The van der Waals surface area contributed by atoms with Crippen LogP contribution in [0.2, 0.25) is 0 Å². The van der Waals surface area contributed by atoms with Crippen LogP contribution in [0.4, 0.5) is 0 Å². The number of unbranched alkanes of at least 4 members (excludes halogenated alkanes) is 8. The molecule has 0 aliphatic heterocycles. The summed E-state index contributed by atoms with van der Waals surface area (Å²) in [5, 5.41) is 1.94. The molecule has 0 aliphatic carbocycles. The second kappa shape index (κ2) is 11.9. The van der Waals surface area contributed by atoms with Gasteiger partial charge in [0.05, 0.1) is 0 Å². The van der Waals surface area contributed by atoms with E-state index in [9.17, 15) is 0 Å². The average Bonchev–Trinajstić information content (AvgIpc) is 2.46. The van der Waals surface area contributed by atoms with Gasteiger partial charge in [0.1, 0.15) is 0 Å². The van der Waals surface area contributed by atoms with Crippen molar-refractivity contribution in [3.05, 3.63) is 35.9 Å². The van der Waals surface area contributed by atoms with Crippen molar-refractivity contribution in [3.63, 3.8) is 0 Å². The first kappa shape index (κ1) is 17.2. The highest BCUT2D eigenvalue weighted by molar-refractivity contribution is 5.14. The number of nitrogens with zero attached hydrogens (tertiary/aromatic N) is 1. The maximum atomic E-state index is 6.03. The van der Waals surface area contributed by atoms with Crippen LogP contribution in [-0.2, 0) is 6.54 Å². The maximum absolute atomic E-state index is 6.03. The lowest BCUT2D eigenvalue weighted by Gasteiger charge is -2.16. The van der Waals surface area contributed by atoms with Crippen LogP contribution in [0.1, 0.15) is 70.3 Å². The molecule has 0 heterocycles. The van der Waals surface area contributed by atoms with E-state index in [1.54, 1.807) is 0 Å². The molecule has 2 heteroatoms. The number of hydrazine groups is 1. The summed E-state index contributed by atoms with van der Waals surface area (Å²) >= 11 is 0. The maximum Gasteiger partial charge on any atom is 0.0379 e. The van der Waals surface area contributed by atoms with E-state index in [0.717, 1.165) is 13.1 Å². The Bertz CT molecular complexity index is 310. The molecule has 0 atom stereocenters. The molecular weight excluding hydrogens is 244 g/mol. The lowest BCUT2D eigenvalue weighted by molar-refractivity contribution is 0.267. The number of hydrogen-bond acceptors (Lipinski definition) is 2. The van der Waals surface area contributed by atoms with E-state index in [4.69, 9.17) is 5.84 Å². The van der Waals surface area contributed by atoms with Crippen LogP contribution in [0, 0.1) is 0 Å². The molecule has 0 amide bonds. The van der Waals surface area contributed by atoms with Crippen molar-refractivity contribution < 1.29 is 0 Å². The normalized spacial score (nSPS) is 11.2. The Morgan fingerprint density at radius 2 is 1.35 bits per heavy atom. The van der Waals surface area contributed by atoms with E-state index in [1.807, 2.05) is 11.1 Å². The Morgan fingerprint density at radius 3 is 1.95 bits per heavy atom. The first-order valence-electron chi connectivity index (χ1n) is 8.36. The molecule has 2 nitrogen and oxygen atoms in total. The van der Waals surface area contributed by atoms with E-state index in [0.29, 0.717) is 0 Å². The van der Waals surface area contributed by atoms with Gasteiger partial charge >= 0.3 is 0 Å². The summed E-state index contributed by atoms with van der Waals surface area (Å²) in [6.45, 7) is 4.14. The highest BCUT2D eigenvalue weighted by Crippen LogP contribution is 2.10. The van der Waals surface area contributed by atoms with Gasteiger partial charge in [-0.15, -0.1) is 0 Å². The molecule has 1 rings (SSSR count). The molecule has 0 fully saturated rings. The SMILES string of the molecule is CCCCCCCCCCCN(N)Cc1ccccc1. The molecule has 0 saturated heterocycles. The minimum atomic E-state index is 0.859. The zero-order valence-corrected chi connectivity index (χ0v) is 13.2. The lowest BCUT2D eigenvalue weighted by atomic mass is 10.1. The highest BCUT2D eigenvalue weighted by atomic mass is 15.4. The predicted molar refractivity (Wildman–Crippen MR) is 88.3 cm³/mol. The number of nitrogens with two attached hydrogens (primary N) is 1. The van der Waals surface area contributed by atoms with Crippen LogP contribution in [0.5, 0.6) is 0 Å². The molecule has 1 aromatic carbocycles. The van der Waals surface area contributed by atoms with Crippen molar-refractivity contribution in [2.75, 3.05) is 6.54 Å². The minimum Gasteiger partial charge on any atom is -0.268 e. The van der Waals surface area contributed by atoms with E-state index >= 15 is 0 Å². The summed E-state index contributed by atoms with van der Waals surface area (Å²) < 4.78 is 0. The van der Waals surface area contributed by atoms with Gasteiger partial charge in [0.15, 0.2) is 0 Å². The zero-order chi connectivity index (χ0) is 14.5. The molecule has 2 N–H and O–H groups in total. The molecule has 0 aliphatic rings. The van der Waals surface area contributed by atoms with Gasteiger partial charge in [0, 0.05) is 13.1 Å². The topological polar surface area (TPSA) is 29.3 Å². The fourth-order valence-corrected chi connectivity index (χ4v) is 2.52. The van der Waals surface area contributed by atoms with Gasteiger partial charge in [0.2, 0.25) is 0 Å². The monoisotopic (exact) mass is 276 g/mol. The molecule has 0 radical (unpaired) electrons. The Kier molecular flexibility index (Phi) is 10.3. The minimum absolute atomic E-state index is 0.859. The zero-order valence-electron chi connectivity index (χ0n) is 13.2. The van der Waals surface area contributed by atoms with Gasteiger partial charge in [-0.05, 0) is 12.0 Å². The van der Waals surface area contributed by atoms with Crippen molar-refractivity contribution in [2.24, 2.45) is 5.84 Å². The molecule has 0 saturated carbocycles. The summed E-state index contributed by atoms with van der Waals surface area (Å²) in [4.78, 5) is 0. The third-order valence-corrected chi connectivity index (χ3v) is 3.78. The average molecular weight is 276 g/mol. The quantitative estimate of drug-likeness (QED) is 0.334. The van der Waals surface area contributed by atoms with Gasteiger partial charge in [0.25, 0.3) is 0 Å².